The number of piperidine rings is 1. The van der Waals surface area contributed by atoms with Crippen LogP contribution in [-0.2, 0) is 0 Å². The minimum Gasteiger partial charge on any atom is -0.409 e. The van der Waals surface area contributed by atoms with Gasteiger partial charge in [0.05, 0.1) is 0 Å². The number of oxime groups is 1. The molecule has 2 rings (SSSR count). The first-order valence-corrected chi connectivity index (χ1v) is 6.34. The number of carbonyl (C=O) groups excluding carboxylic acids is 1. The quantitative estimate of drug-likeness (QED) is 0.327. The predicted octanol–water partition coefficient (Wildman–Crippen LogP) is 0.912. The van der Waals surface area contributed by atoms with Gasteiger partial charge in [-0.2, -0.15) is 0 Å². The molecule has 0 atom stereocenters. The van der Waals surface area contributed by atoms with Crippen LogP contribution in [0.25, 0.3) is 0 Å². The molecule has 0 aromatic heterocycles. The van der Waals surface area contributed by atoms with Crippen molar-refractivity contribution in [2.45, 2.75) is 19.3 Å². The number of amides is 1. The van der Waals surface area contributed by atoms with Gasteiger partial charge in [0.2, 0.25) is 0 Å². The van der Waals surface area contributed by atoms with Crippen LogP contribution in [0, 0.1) is 0 Å². The lowest BCUT2D eigenvalue weighted by atomic mass is 10.1. The molecule has 0 radical (unpaired) electrons. The molecule has 0 aliphatic carbocycles. The molecule has 6 nitrogen and oxygen atoms in total. The summed E-state index contributed by atoms with van der Waals surface area (Å²) in [6, 6.07) is 6.62. The maximum Gasteiger partial charge on any atom is 0.265 e. The number of hydrazine groups is 1. The third-order valence-electron chi connectivity index (χ3n) is 3.17. The van der Waals surface area contributed by atoms with Gasteiger partial charge in [-0.3, -0.25) is 10.2 Å². The fraction of sp³-hybridized carbons (Fsp3) is 0.385. The van der Waals surface area contributed by atoms with Crippen LogP contribution in [0.4, 0.5) is 0 Å². The Balaban J connectivity index is 1.99. The van der Waals surface area contributed by atoms with Gasteiger partial charge in [0.15, 0.2) is 5.84 Å². The lowest BCUT2D eigenvalue weighted by molar-refractivity contribution is 0.0750. The molecule has 1 fully saturated rings. The van der Waals surface area contributed by atoms with Crippen molar-refractivity contribution >= 4 is 11.7 Å². The number of amidine groups is 1. The molecule has 1 saturated heterocycles. The van der Waals surface area contributed by atoms with E-state index in [0.717, 1.165) is 25.9 Å². The first kappa shape index (κ1) is 13.4. The van der Waals surface area contributed by atoms with Crippen LogP contribution < -0.4 is 11.2 Å². The Hall–Kier alpha value is -2.08. The smallest absolute Gasteiger partial charge is 0.265 e. The second-order valence-electron chi connectivity index (χ2n) is 4.55. The van der Waals surface area contributed by atoms with E-state index in [1.165, 1.54) is 6.42 Å². The summed E-state index contributed by atoms with van der Waals surface area (Å²) >= 11 is 0. The Morgan fingerprint density at radius 1 is 1.16 bits per heavy atom. The van der Waals surface area contributed by atoms with Gasteiger partial charge in [-0.15, -0.1) is 0 Å². The molecule has 0 spiro atoms. The summed E-state index contributed by atoms with van der Waals surface area (Å²) in [4.78, 5) is 12.0. The molecule has 1 heterocycles. The van der Waals surface area contributed by atoms with Crippen molar-refractivity contribution in [3.63, 3.8) is 0 Å². The lowest BCUT2D eigenvalue weighted by Gasteiger charge is -2.26. The second-order valence-corrected chi connectivity index (χ2v) is 4.55. The number of hydrogen-bond acceptors (Lipinski definition) is 4. The van der Waals surface area contributed by atoms with Gasteiger partial charge < -0.3 is 10.9 Å². The van der Waals surface area contributed by atoms with Crippen LogP contribution in [0.5, 0.6) is 0 Å². The normalized spacial score (nSPS) is 17.2. The molecular weight excluding hydrogens is 244 g/mol. The van der Waals surface area contributed by atoms with Crippen LogP contribution >= 0.6 is 0 Å². The highest BCUT2D eigenvalue weighted by molar-refractivity contribution is 5.99. The van der Waals surface area contributed by atoms with Gasteiger partial charge in [0.1, 0.15) is 0 Å². The zero-order valence-corrected chi connectivity index (χ0v) is 10.7. The van der Waals surface area contributed by atoms with Gasteiger partial charge in [-0.05, 0) is 25.0 Å². The van der Waals surface area contributed by atoms with Crippen molar-refractivity contribution in [3.8, 4) is 0 Å². The van der Waals surface area contributed by atoms with E-state index >= 15 is 0 Å². The molecule has 1 aromatic rings. The van der Waals surface area contributed by atoms with E-state index in [4.69, 9.17) is 10.9 Å². The van der Waals surface area contributed by atoms with Gasteiger partial charge in [-0.25, -0.2) is 5.01 Å². The maximum atomic E-state index is 12.0. The minimum atomic E-state index is -0.132. The Morgan fingerprint density at radius 3 is 2.32 bits per heavy atom. The fourth-order valence-electron chi connectivity index (χ4n) is 2.06. The zero-order chi connectivity index (χ0) is 13.7. The number of nitrogens with one attached hydrogen (secondary N) is 1. The molecule has 1 amide bonds. The summed E-state index contributed by atoms with van der Waals surface area (Å²) in [7, 11) is 0. The summed E-state index contributed by atoms with van der Waals surface area (Å²) in [6.45, 7) is 1.79. The average molecular weight is 262 g/mol. The van der Waals surface area contributed by atoms with E-state index in [2.05, 4.69) is 10.6 Å². The van der Waals surface area contributed by atoms with E-state index in [9.17, 15) is 4.79 Å². The van der Waals surface area contributed by atoms with E-state index in [1.54, 1.807) is 24.3 Å². The standard InChI is InChI=1S/C13H18N4O2/c14-12(16-19)10-4-6-11(7-5-10)13(18)15-17-8-2-1-3-9-17/h4-7,19H,1-3,8-9H2,(H2,14,16)(H,15,18). The molecule has 1 aliphatic rings. The summed E-state index contributed by atoms with van der Waals surface area (Å²) in [5.74, 6) is -0.101. The van der Waals surface area contributed by atoms with Crippen LogP contribution in [0.3, 0.4) is 0 Å². The third kappa shape index (κ3) is 3.45. The Morgan fingerprint density at radius 2 is 1.74 bits per heavy atom. The molecule has 19 heavy (non-hydrogen) atoms. The first-order valence-electron chi connectivity index (χ1n) is 6.34. The van der Waals surface area contributed by atoms with E-state index in [0.29, 0.717) is 11.1 Å². The predicted molar refractivity (Wildman–Crippen MR) is 71.8 cm³/mol. The van der Waals surface area contributed by atoms with Crippen molar-refractivity contribution < 1.29 is 10.0 Å². The number of nitrogens with two attached hydrogens (primary N) is 1. The third-order valence-corrected chi connectivity index (χ3v) is 3.17. The van der Waals surface area contributed by atoms with Crippen molar-refractivity contribution in [1.82, 2.24) is 10.4 Å². The largest absolute Gasteiger partial charge is 0.409 e. The van der Waals surface area contributed by atoms with Crippen molar-refractivity contribution in [2.24, 2.45) is 10.9 Å². The highest BCUT2D eigenvalue weighted by Gasteiger charge is 2.14. The average Bonchev–Trinajstić information content (AvgIpc) is 2.47. The molecule has 0 saturated carbocycles. The zero-order valence-electron chi connectivity index (χ0n) is 10.7. The summed E-state index contributed by atoms with van der Waals surface area (Å²) in [5, 5.41) is 13.4. The van der Waals surface area contributed by atoms with Crippen LogP contribution in [0.15, 0.2) is 29.4 Å². The molecule has 102 valence electrons. The van der Waals surface area contributed by atoms with Gasteiger partial charge >= 0.3 is 0 Å². The number of carbonyl (C=O) groups is 1. The molecule has 0 bridgehead atoms. The SMILES string of the molecule is N/C(=N/O)c1ccc(C(=O)NN2CCCCC2)cc1. The molecule has 1 aromatic carbocycles. The Labute approximate surface area is 111 Å². The number of benzene rings is 1. The summed E-state index contributed by atoms with van der Waals surface area (Å²) < 4.78 is 0. The minimum absolute atomic E-state index is 0.0305. The van der Waals surface area contributed by atoms with E-state index in [1.807, 2.05) is 5.01 Å². The second kappa shape index (κ2) is 6.19. The molecule has 4 N–H and O–H groups in total. The van der Waals surface area contributed by atoms with Crippen LogP contribution in [0.2, 0.25) is 0 Å². The van der Waals surface area contributed by atoms with Crippen LogP contribution in [-0.4, -0.2) is 35.0 Å². The fourth-order valence-corrected chi connectivity index (χ4v) is 2.06. The van der Waals surface area contributed by atoms with Crippen molar-refractivity contribution in [1.29, 1.82) is 0 Å². The van der Waals surface area contributed by atoms with Crippen molar-refractivity contribution in [2.75, 3.05) is 13.1 Å². The topological polar surface area (TPSA) is 91.0 Å². The molecule has 1 aliphatic heterocycles. The van der Waals surface area contributed by atoms with Gasteiger partial charge in [-0.1, -0.05) is 23.7 Å². The number of hydrogen-bond donors (Lipinski definition) is 3. The maximum absolute atomic E-state index is 12.0. The Kier molecular flexibility index (Phi) is 4.35. The summed E-state index contributed by atoms with van der Waals surface area (Å²) in [5.41, 5.74) is 9.48. The molecular formula is C13H18N4O2. The highest BCUT2D eigenvalue weighted by atomic mass is 16.4. The highest BCUT2D eigenvalue weighted by Crippen LogP contribution is 2.08. The van der Waals surface area contributed by atoms with Crippen molar-refractivity contribution in [3.05, 3.63) is 35.4 Å². The summed E-state index contributed by atoms with van der Waals surface area (Å²) in [6.07, 6.45) is 3.45. The number of nitrogens with zero attached hydrogens (tertiary/aromatic N) is 2. The van der Waals surface area contributed by atoms with Crippen LogP contribution in [0.1, 0.15) is 35.2 Å². The molecule has 6 heteroatoms. The monoisotopic (exact) mass is 262 g/mol. The van der Waals surface area contributed by atoms with Gasteiger partial charge in [0.25, 0.3) is 5.91 Å². The lowest BCUT2D eigenvalue weighted by Crippen LogP contribution is -2.45. The van der Waals surface area contributed by atoms with Gasteiger partial charge in [0, 0.05) is 24.2 Å². The van der Waals surface area contributed by atoms with E-state index < -0.39 is 0 Å². The number of rotatable bonds is 3. The van der Waals surface area contributed by atoms with E-state index in [-0.39, 0.29) is 11.7 Å². The first-order chi connectivity index (χ1) is 9.20. The molecule has 0 unspecified atom stereocenters. The Bertz CT molecular complexity index is 464.